The van der Waals surface area contributed by atoms with Crippen LogP contribution in [0.25, 0.3) is 0 Å². The Hall–Kier alpha value is -1.87. The van der Waals surface area contributed by atoms with E-state index < -0.39 is 0 Å². The Morgan fingerprint density at radius 3 is 2.39 bits per heavy atom. The summed E-state index contributed by atoms with van der Waals surface area (Å²) in [6, 6.07) is 15.7. The molecule has 0 aliphatic carbocycles. The maximum Gasteiger partial charge on any atom is 0.191 e. The Labute approximate surface area is 203 Å². The molecular formula is C24H35FIN5. The number of hydrogen-bond donors (Lipinski definition) is 2. The van der Waals surface area contributed by atoms with Crippen molar-refractivity contribution in [3.63, 3.8) is 0 Å². The van der Waals surface area contributed by atoms with Crippen LogP contribution in [-0.4, -0.2) is 51.6 Å². The summed E-state index contributed by atoms with van der Waals surface area (Å²) in [6.07, 6.45) is 2.55. The normalized spacial score (nSPS) is 16.1. The quantitative estimate of drug-likeness (QED) is 0.308. The van der Waals surface area contributed by atoms with Crippen LogP contribution < -0.4 is 15.5 Å². The van der Waals surface area contributed by atoms with Crippen molar-refractivity contribution in [1.82, 2.24) is 15.5 Å². The van der Waals surface area contributed by atoms with Crippen LogP contribution in [0.1, 0.15) is 43.0 Å². The molecule has 0 radical (unpaired) electrons. The summed E-state index contributed by atoms with van der Waals surface area (Å²) < 4.78 is 13.3. The fraction of sp³-hybridized carbons (Fsp3) is 0.458. The summed E-state index contributed by atoms with van der Waals surface area (Å²) in [5.41, 5.74) is 3.60. The maximum atomic E-state index is 13.3. The second-order valence-corrected chi connectivity index (χ2v) is 8.14. The first-order valence-electron chi connectivity index (χ1n) is 10.7. The van der Waals surface area contributed by atoms with E-state index in [0.29, 0.717) is 6.54 Å². The van der Waals surface area contributed by atoms with Gasteiger partial charge in [-0.1, -0.05) is 24.3 Å². The average Bonchev–Trinajstić information content (AvgIpc) is 3.29. The third-order valence-electron chi connectivity index (χ3n) is 5.76. The number of aliphatic imine (C=N–C) groups is 1. The molecule has 0 spiro atoms. The smallest absolute Gasteiger partial charge is 0.191 e. The summed E-state index contributed by atoms with van der Waals surface area (Å²) in [5.74, 6) is 0.537. The molecule has 1 heterocycles. The lowest BCUT2D eigenvalue weighted by Crippen LogP contribution is -2.42. The van der Waals surface area contributed by atoms with Crippen molar-refractivity contribution in [1.29, 1.82) is 0 Å². The first-order chi connectivity index (χ1) is 14.5. The summed E-state index contributed by atoms with van der Waals surface area (Å²) in [4.78, 5) is 8.97. The van der Waals surface area contributed by atoms with E-state index in [1.165, 1.54) is 36.2 Å². The van der Waals surface area contributed by atoms with E-state index in [9.17, 15) is 4.39 Å². The second-order valence-electron chi connectivity index (χ2n) is 8.14. The van der Waals surface area contributed by atoms with Crippen LogP contribution in [0, 0.1) is 5.82 Å². The lowest BCUT2D eigenvalue weighted by atomic mass is 10.1. The molecule has 1 aliphatic rings. The molecule has 0 bridgehead atoms. The standard InChI is InChI=1S/C24H34FN5.HI/c1-18(20-8-7-9-22(16-20)30-14-5-6-15-30)28-24(26-2)27-17-23(29(3)4)19-10-12-21(25)13-11-19;/h7-13,16,18,23H,5-6,14-15,17H2,1-4H3,(H2,26,27,28);1H. The van der Waals surface area contributed by atoms with E-state index in [1.54, 1.807) is 7.05 Å². The van der Waals surface area contributed by atoms with Gasteiger partial charge in [0, 0.05) is 32.4 Å². The molecule has 170 valence electrons. The minimum absolute atomic E-state index is 0. The molecular weight excluding hydrogens is 504 g/mol. The molecule has 2 aromatic rings. The summed E-state index contributed by atoms with van der Waals surface area (Å²) in [5, 5.41) is 6.92. The molecule has 1 aliphatic heterocycles. The van der Waals surface area contributed by atoms with Crippen LogP contribution in [0.2, 0.25) is 0 Å². The molecule has 3 rings (SSSR count). The highest BCUT2D eigenvalue weighted by Crippen LogP contribution is 2.24. The number of likely N-dealkylation sites (N-methyl/N-ethyl adjacent to an activating group) is 1. The molecule has 0 saturated carbocycles. The van der Waals surface area contributed by atoms with Gasteiger partial charge in [0.25, 0.3) is 0 Å². The van der Waals surface area contributed by atoms with Gasteiger partial charge >= 0.3 is 0 Å². The average molecular weight is 539 g/mol. The predicted molar refractivity (Wildman–Crippen MR) is 139 cm³/mol. The van der Waals surface area contributed by atoms with E-state index in [4.69, 9.17) is 0 Å². The van der Waals surface area contributed by atoms with Gasteiger partial charge in [-0.05, 0) is 69.3 Å². The van der Waals surface area contributed by atoms with E-state index >= 15 is 0 Å². The minimum Gasteiger partial charge on any atom is -0.372 e. The van der Waals surface area contributed by atoms with Crippen molar-refractivity contribution in [3.05, 3.63) is 65.5 Å². The second kappa shape index (κ2) is 12.2. The Balaban J connectivity index is 0.00000341. The van der Waals surface area contributed by atoms with Gasteiger partial charge in [-0.15, -0.1) is 24.0 Å². The Bertz CT molecular complexity index is 834. The summed E-state index contributed by atoms with van der Waals surface area (Å²) in [7, 11) is 5.84. The molecule has 7 heteroatoms. The first kappa shape index (κ1) is 25.4. The lowest BCUT2D eigenvalue weighted by Gasteiger charge is -2.27. The van der Waals surface area contributed by atoms with Gasteiger partial charge in [-0.25, -0.2) is 4.39 Å². The number of guanidine groups is 1. The largest absolute Gasteiger partial charge is 0.372 e. The van der Waals surface area contributed by atoms with Gasteiger partial charge in [0.05, 0.1) is 12.1 Å². The van der Waals surface area contributed by atoms with Crippen LogP contribution in [0.15, 0.2) is 53.5 Å². The van der Waals surface area contributed by atoms with E-state index in [2.05, 4.69) is 56.6 Å². The zero-order chi connectivity index (χ0) is 21.5. The molecule has 5 nitrogen and oxygen atoms in total. The number of nitrogens with zero attached hydrogens (tertiary/aromatic N) is 3. The van der Waals surface area contributed by atoms with Crippen molar-refractivity contribution >= 4 is 35.6 Å². The molecule has 31 heavy (non-hydrogen) atoms. The number of anilines is 1. The van der Waals surface area contributed by atoms with Gasteiger partial charge in [-0.2, -0.15) is 0 Å². The highest BCUT2D eigenvalue weighted by atomic mass is 127. The molecule has 2 atom stereocenters. The molecule has 1 fully saturated rings. The summed E-state index contributed by atoms with van der Waals surface area (Å²) in [6.45, 7) is 5.10. The first-order valence-corrected chi connectivity index (χ1v) is 10.7. The van der Waals surface area contributed by atoms with Gasteiger partial charge in [0.1, 0.15) is 5.82 Å². The highest BCUT2D eigenvalue weighted by molar-refractivity contribution is 14.0. The van der Waals surface area contributed by atoms with Crippen molar-refractivity contribution in [2.24, 2.45) is 4.99 Å². The number of nitrogens with one attached hydrogen (secondary N) is 2. The van der Waals surface area contributed by atoms with Crippen LogP contribution in [-0.2, 0) is 0 Å². The Kier molecular flexibility index (Phi) is 10.0. The van der Waals surface area contributed by atoms with Gasteiger partial charge in [-0.3, -0.25) is 4.99 Å². The highest BCUT2D eigenvalue weighted by Gasteiger charge is 2.17. The Morgan fingerprint density at radius 1 is 1.10 bits per heavy atom. The third kappa shape index (κ3) is 7.07. The van der Waals surface area contributed by atoms with E-state index in [-0.39, 0.29) is 41.9 Å². The van der Waals surface area contributed by atoms with Gasteiger partial charge in [0.2, 0.25) is 0 Å². The molecule has 2 N–H and O–H groups in total. The van der Waals surface area contributed by atoms with Crippen LogP contribution >= 0.6 is 24.0 Å². The zero-order valence-corrected chi connectivity index (χ0v) is 21.3. The van der Waals surface area contributed by atoms with Gasteiger partial charge in [0.15, 0.2) is 5.96 Å². The molecule has 1 saturated heterocycles. The predicted octanol–water partition coefficient (Wildman–Crippen LogP) is 4.57. The van der Waals surface area contributed by atoms with Crippen molar-refractivity contribution < 1.29 is 4.39 Å². The maximum absolute atomic E-state index is 13.3. The SMILES string of the molecule is CN=C(NCC(c1ccc(F)cc1)N(C)C)NC(C)c1cccc(N2CCCC2)c1.I. The number of hydrogen-bond acceptors (Lipinski definition) is 3. The number of halogens is 2. The van der Waals surface area contributed by atoms with Crippen molar-refractivity contribution in [3.8, 4) is 0 Å². The fourth-order valence-corrected chi connectivity index (χ4v) is 3.93. The lowest BCUT2D eigenvalue weighted by molar-refractivity contribution is 0.298. The van der Waals surface area contributed by atoms with Crippen LogP contribution in [0.3, 0.4) is 0 Å². The fourth-order valence-electron chi connectivity index (χ4n) is 3.93. The zero-order valence-electron chi connectivity index (χ0n) is 18.9. The van der Waals surface area contributed by atoms with Crippen LogP contribution in [0.4, 0.5) is 10.1 Å². The monoisotopic (exact) mass is 539 g/mol. The van der Waals surface area contributed by atoms with Crippen LogP contribution in [0.5, 0.6) is 0 Å². The van der Waals surface area contributed by atoms with E-state index in [0.717, 1.165) is 24.6 Å². The molecule has 2 unspecified atom stereocenters. The molecule has 0 aromatic heterocycles. The third-order valence-corrected chi connectivity index (χ3v) is 5.76. The minimum atomic E-state index is -0.216. The Morgan fingerprint density at radius 2 is 1.77 bits per heavy atom. The van der Waals surface area contributed by atoms with Crippen molar-refractivity contribution in [2.75, 3.05) is 45.7 Å². The van der Waals surface area contributed by atoms with Crippen molar-refractivity contribution in [2.45, 2.75) is 31.8 Å². The topological polar surface area (TPSA) is 42.9 Å². The number of benzene rings is 2. The molecule has 2 aromatic carbocycles. The molecule has 0 amide bonds. The van der Waals surface area contributed by atoms with Gasteiger partial charge < -0.3 is 20.4 Å². The number of rotatable bonds is 7. The van der Waals surface area contributed by atoms with E-state index in [1.807, 2.05) is 26.2 Å². The summed E-state index contributed by atoms with van der Waals surface area (Å²) >= 11 is 0.